The highest BCUT2D eigenvalue weighted by atomic mass is 19.3. The number of hydrogen-bond donors (Lipinski definition) is 1. The van der Waals surface area contributed by atoms with Crippen LogP contribution in [0.3, 0.4) is 0 Å². The van der Waals surface area contributed by atoms with Crippen LogP contribution in [-0.2, 0) is 13.0 Å². The van der Waals surface area contributed by atoms with Crippen molar-refractivity contribution in [2.45, 2.75) is 45.7 Å². The molecule has 1 aromatic rings. The van der Waals surface area contributed by atoms with E-state index in [0.29, 0.717) is 6.54 Å². The van der Waals surface area contributed by atoms with Crippen LogP contribution in [0.1, 0.15) is 26.1 Å². The molecule has 92 valence electrons. The molecule has 0 saturated carbocycles. The summed E-state index contributed by atoms with van der Waals surface area (Å²) in [7, 11) is 0. The maximum atomic E-state index is 12.8. The molecule has 1 rings (SSSR count). The number of aromatic nitrogens is 2. The number of alkyl halides is 2. The molecule has 0 amide bonds. The van der Waals surface area contributed by atoms with Gasteiger partial charge in [-0.1, -0.05) is 6.92 Å². The lowest BCUT2D eigenvalue weighted by atomic mass is 10.2. The zero-order valence-electron chi connectivity index (χ0n) is 9.79. The first-order chi connectivity index (χ1) is 7.69. The monoisotopic (exact) mass is 231 g/mol. The Morgan fingerprint density at radius 3 is 2.75 bits per heavy atom. The van der Waals surface area contributed by atoms with Crippen molar-refractivity contribution in [3.8, 4) is 0 Å². The maximum Gasteiger partial charge on any atom is 0.254 e. The number of nitrogens with one attached hydrogen (secondary N) is 1. The first-order valence-electron chi connectivity index (χ1n) is 5.70. The first kappa shape index (κ1) is 13.1. The second-order valence-corrected chi connectivity index (χ2v) is 3.73. The minimum Gasteiger partial charge on any atom is -0.335 e. The molecule has 1 heterocycles. The second kappa shape index (κ2) is 6.58. The van der Waals surface area contributed by atoms with Crippen molar-refractivity contribution in [2.24, 2.45) is 0 Å². The van der Waals surface area contributed by atoms with Crippen molar-refractivity contribution >= 4 is 0 Å². The fourth-order valence-electron chi connectivity index (χ4n) is 1.59. The fourth-order valence-corrected chi connectivity index (χ4v) is 1.59. The largest absolute Gasteiger partial charge is 0.335 e. The molecule has 0 aromatic carbocycles. The van der Waals surface area contributed by atoms with Gasteiger partial charge in [-0.25, -0.2) is 13.8 Å². The van der Waals surface area contributed by atoms with E-state index in [9.17, 15) is 8.78 Å². The number of halogens is 2. The highest BCUT2D eigenvalue weighted by molar-refractivity contribution is 4.96. The van der Waals surface area contributed by atoms with Crippen LogP contribution in [0.4, 0.5) is 8.78 Å². The molecule has 0 aliphatic heterocycles. The smallest absolute Gasteiger partial charge is 0.254 e. The van der Waals surface area contributed by atoms with Gasteiger partial charge in [-0.15, -0.1) is 0 Å². The van der Waals surface area contributed by atoms with Gasteiger partial charge in [-0.05, 0) is 19.9 Å². The van der Waals surface area contributed by atoms with E-state index in [2.05, 4.69) is 10.3 Å². The topological polar surface area (TPSA) is 29.9 Å². The van der Waals surface area contributed by atoms with Gasteiger partial charge in [0.15, 0.2) is 0 Å². The zero-order valence-corrected chi connectivity index (χ0v) is 9.79. The normalized spacial score (nSPS) is 13.3. The zero-order chi connectivity index (χ0) is 12.0. The standard InChI is InChI=1S/C11H19F2N3/c1-3-5-14-9(11(12)13)8-10-15-6-7-16(10)4-2/h6-7,9,11,14H,3-5,8H2,1-2H3. The molecule has 0 aliphatic carbocycles. The third kappa shape index (κ3) is 3.56. The van der Waals surface area contributed by atoms with Crippen molar-refractivity contribution in [2.75, 3.05) is 6.54 Å². The Bertz CT molecular complexity index is 299. The van der Waals surface area contributed by atoms with Crippen molar-refractivity contribution in [1.29, 1.82) is 0 Å². The molecule has 1 unspecified atom stereocenters. The third-order valence-corrected chi connectivity index (χ3v) is 2.51. The van der Waals surface area contributed by atoms with E-state index in [4.69, 9.17) is 0 Å². The van der Waals surface area contributed by atoms with Crippen molar-refractivity contribution in [3.05, 3.63) is 18.2 Å². The van der Waals surface area contributed by atoms with Gasteiger partial charge in [0, 0.05) is 25.4 Å². The number of aryl methyl sites for hydroxylation is 1. The molecule has 1 aromatic heterocycles. The third-order valence-electron chi connectivity index (χ3n) is 2.51. The Balaban J connectivity index is 2.60. The van der Waals surface area contributed by atoms with Crippen LogP contribution < -0.4 is 5.32 Å². The molecule has 16 heavy (non-hydrogen) atoms. The van der Waals surface area contributed by atoms with Gasteiger partial charge in [0.05, 0.1) is 6.04 Å². The van der Waals surface area contributed by atoms with E-state index < -0.39 is 12.5 Å². The summed E-state index contributed by atoms with van der Waals surface area (Å²) in [6, 6.07) is -0.798. The van der Waals surface area contributed by atoms with Crippen molar-refractivity contribution in [3.63, 3.8) is 0 Å². The highest BCUT2D eigenvalue weighted by Gasteiger charge is 2.21. The van der Waals surface area contributed by atoms with Gasteiger partial charge in [-0.2, -0.15) is 0 Å². The quantitative estimate of drug-likeness (QED) is 0.778. The summed E-state index contributed by atoms with van der Waals surface area (Å²) < 4.78 is 27.4. The molecule has 0 fully saturated rings. The van der Waals surface area contributed by atoms with E-state index in [1.54, 1.807) is 6.20 Å². The summed E-state index contributed by atoms with van der Waals surface area (Å²) in [6.45, 7) is 5.31. The maximum absolute atomic E-state index is 12.8. The van der Waals surface area contributed by atoms with Gasteiger partial charge >= 0.3 is 0 Å². The summed E-state index contributed by atoms with van der Waals surface area (Å²) in [5.74, 6) is 0.719. The molecule has 1 atom stereocenters. The molecule has 0 saturated heterocycles. The van der Waals surface area contributed by atoms with Crippen molar-refractivity contribution < 1.29 is 8.78 Å². The van der Waals surface area contributed by atoms with Crippen LogP contribution in [0.15, 0.2) is 12.4 Å². The number of imidazole rings is 1. The lowest BCUT2D eigenvalue weighted by Gasteiger charge is -2.17. The minimum atomic E-state index is -2.35. The number of hydrogen-bond acceptors (Lipinski definition) is 2. The second-order valence-electron chi connectivity index (χ2n) is 3.73. The van der Waals surface area contributed by atoms with Gasteiger partial charge in [0.25, 0.3) is 6.43 Å². The molecule has 0 bridgehead atoms. The molecular weight excluding hydrogens is 212 g/mol. The summed E-state index contributed by atoms with van der Waals surface area (Å²) >= 11 is 0. The van der Waals surface area contributed by atoms with Crippen LogP contribution in [0, 0.1) is 0 Å². The predicted molar refractivity (Wildman–Crippen MR) is 59.7 cm³/mol. The molecule has 5 heteroatoms. The molecule has 3 nitrogen and oxygen atoms in total. The van der Waals surface area contributed by atoms with E-state index in [-0.39, 0.29) is 6.42 Å². The van der Waals surface area contributed by atoms with Gasteiger partial charge in [0.1, 0.15) is 5.82 Å². The Morgan fingerprint density at radius 1 is 1.44 bits per heavy atom. The Kier molecular flexibility index (Phi) is 5.38. The summed E-state index contributed by atoms with van der Waals surface area (Å²) in [5.41, 5.74) is 0. The SMILES string of the molecule is CCCNC(Cc1nccn1CC)C(F)F. The molecule has 0 radical (unpaired) electrons. The van der Waals surface area contributed by atoms with E-state index >= 15 is 0 Å². The highest BCUT2D eigenvalue weighted by Crippen LogP contribution is 2.08. The van der Waals surface area contributed by atoms with E-state index in [0.717, 1.165) is 18.8 Å². The first-order valence-corrected chi connectivity index (χ1v) is 5.70. The predicted octanol–water partition coefficient (Wildman–Crippen LogP) is 2.08. The molecule has 0 spiro atoms. The average Bonchev–Trinajstić information content (AvgIpc) is 2.70. The number of rotatable bonds is 7. The van der Waals surface area contributed by atoms with Crippen LogP contribution in [0.25, 0.3) is 0 Å². The molecular formula is C11H19F2N3. The lowest BCUT2D eigenvalue weighted by molar-refractivity contribution is 0.0969. The Hall–Kier alpha value is -0.970. The van der Waals surface area contributed by atoms with Crippen molar-refractivity contribution in [1.82, 2.24) is 14.9 Å². The van der Waals surface area contributed by atoms with Crippen LogP contribution in [0.2, 0.25) is 0 Å². The van der Waals surface area contributed by atoms with E-state index in [1.165, 1.54) is 0 Å². The molecule has 0 aliphatic rings. The van der Waals surface area contributed by atoms with Crippen LogP contribution in [0.5, 0.6) is 0 Å². The van der Waals surface area contributed by atoms with E-state index in [1.807, 2.05) is 24.6 Å². The van der Waals surface area contributed by atoms with Crippen LogP contribution >= 0.6 is 0 Å². The summed E-state index contributed by atoms with van der Waals surface area (Å²) in [4.78, 5) is 4.11. The fraction of sp³-hybridized carbons (Fsp3) is 0.727. The molecule has 1 N–H and O–H groups in total. The minimum absolute atomic E-state index is 0.276. The van der Waals surface area contributed by atoms with Gasteiger partial charge in [-0.3, -0.25) is 0 Å². The Labute approximate surface area is 94.9 Å². The lowest BCUT2D eigenvalue weighted by Crippen LogP contribution is -2.38. The van der Waals surface area contributed by atoms with Gasteiger partial charge in [0.2, 0.25) is 0 Å². The summed E-state index contributed by atoms with van der Waals surface area (Å²) in [5, 5.41) is 2.86. The van der Waals surface area contributed by atoms with Crippen LogP contribution in [-0.4, -0.2) is 28.6 Å². The number of nitrogens with zero attached hydrogens (tertiary/aromatic N) is 2. The Morgan fingerprint density at radius 2 is 2.19 bits per heavy atom. The average molecular weight is 231 g/mol. The summed E-state index contributed by atoms with van der Waals surface area (Å²) in [6.07, 6.45) is 2.25. The van der Waals surface area contributed by atoms with Gasteiger partial charge < -0.3 is 9.88 Å².